The quantitative estimate of drug-likeness (QED) is 0.477. The maximum absolute atomic E-state index is 12.3. The lowest BCUT2D eigenvalue weighted by molar-refractivity contribution is 0.0474. The lowest BCUT2D eigenvalue weighted by atomic mass is 10.2. The summed E-state index contributed by atoms with van der Waals surface area (Å²) in [6, 6.07) is 15.2. The number of para-hydroxylation sites is 1. The van der Waals surface area contributed by atoms with Gasteiger partial charge in [-0.05, 0) is 30.3 Å². The molecule has 0 saturated heterocycles. The molecule has 0 unspecified atom stereocenters. The highest BCUT2D eigenvalue weighted by Gasteiger charge is 2.20. The van der Waals surface area contributed by atoms with Gasteiger partial charge in [0.05, 0.1) is 5.56 Å². The van der Waals surface area contributed by atoms with Crippen molar-refractivity contribution in [2.24, 2.45) is 7.05 Å². The van der Waals surface area contributed by atoms with Crippen LogP contribution in [0.15, 0.2) is 64.2 Å². The van der Waals surface area contributed by atoms with E-state index in [9.17, 15) is 19.2 Å². The summed E-state index contributed by atoms with van der Waals surface area (Å²) in [7, 11) is 1.30. The molecule has 0 amide bonds. The number of anilines is 1. The maximum Gasteiger partial charge on any atom is 0.338 e. The second-order valence-corrected chi connectivity index (χ2v) is 6.02. The van der Waals surface area contributed by atoms with Crippen LogP contribution < -0.4 is 21.7 Å². The van der Waals surface area contributed by atoms with Gasteiger partial charge in [0.1, 0.15) is 22.9 Å². The number of ketones is 1. The fourth-order valence-electron chi connectivity index (χ4n) is 2.50. The van der Waals surface area contributed by atoms with Crippen LogP contribution >= 0.6 is 0 Å². The van der Waals surface area contributed by atoms with Crippen molar-refractivity contribution in [2.45, 2.75) is 0 Å². The Hall–Kier alpha value is -4.14. The average Bonchev–Trinajstić information content (AvgIpc) is 2.71. The van der Waals surface area contributed by atoms with Crippen molar-refractivity contribution in [1.29, 1.82) is 0 Å². The van der Waals surface area contributed by atoms with E-state index in [0.717, 1.165) is 4.57 Å². The van der Waals surface area contributed by atoms with Crippen LogP contribution in [0.5, 0.6) is 11.5 Å². The predicted octanol–water partition coefficient (Wildman–Crippen LogP) is 1.49. The SMILES string of the molecule is Cn1c(N)c(C(=O)COC(=O)c2cccc(Oc3ccccc3)c2)c(=O)[nH]c1=O. The van der Waals surface area contributed by atoms with Crippen molar-refractivity contribution in [3.63, 3.8) is 0 Å². The Bertz CT molecular complexity index is 1180. The number of esters is 1. The minimum Gasteiger partial charge on any atom is -0.457 e. The van der Waals surface area contributed by atoms with Crippen molar-refractivity contribution in [2.75, 3.05) is 12.3 Å². The molecule has 148 valence electrons. The van der Waals surface area contributed by atoms with Crippen molar-refractivity contribution >= 4 is 17.6 Å². The zero-order valence-electron chi connectivity index (χ0n) is 15.4. The first-order valence-corrected chi connectivity index (χ1v) is 8.49. The number of nitrogen functional groups attached to an aromatic ring is 1. The Morgan fingerprint density at radius 2 is 1.72 bits per heavy atom. The molecular formula is C20H17N3O6. The molecule has 3 rings (SSSR count). The van der Waals surface area contributed by atoms with Crippen LogP contribution in [-0.2, 0) is 11.8 Å². The Balaban J connectivity index is 1.71. The molecule has 0 atom stereocenters. The van der Waals surface area contributed by atoms with Gasteiger partial charge in [-0.15, -0.1) is 0 Å². The highest BCUT2D eigenvalue weighted by atomic mass is 16.5. The molecule has 0 aliphatic carbocycles. The molecule has 0 fully saturated rings. The molecule has 0 saturated carbocycles. The van der Waals surface area contributed by atoms with E-state index in [2.05, 4.69) is 0 Å². The number of hydrogen-bond donors (Lipinski definition) is 2. The van der Waals surface area contributed by atoms with Crippen LogP contribution in [0.2, 0.25) is 0 Å². The summed E-state index contributed by atoms with van der Waals surface area (Å²) in [5.41, 5.74) is 3.68. The zero-order chi connectivity index (χ0) is 21.0. The predicted molar refractivity (Wildman–Crippen MR) is 104 cm³/mol. The lowest BCUT2D eigenvalue weighted by Gasteiger charge is -2.09. The highest BCUT2D eigenvalue weighted by Crippen LogP contribution is 2.22. The number of rotatable bonds is 6. The fourth-order valence-corrected chi connectivity index (χ4v) is 2.50. The molecule has 3 N–H and O–H groups in total. The average molecular weight is 395 g/mol. The van der Waals surface area contributed by atoms with E-state index in [0.29, 0.717) is 11.5 Å². The Morgan fingerprint density at radius 3 is 2.45 bits per heavy atom. The minimum atomic E-state index is -0.940. The van der Waals surface area contributed by atoms with Gasteiger partial charge >= 0.3 is 11.7 Å². The topological polar surface area (TPSA) is 133 Å². The first-order valence-electron chi connectivity index (χ1n) is 8.49. The number of ether oxygens (including phenoxy) is 2. The second kappa shape index (κ2) is 8.26. The molecule has 1 heterocycles. The van der Waals surface area contributed by atoms with Gasteiger partial charge in [0.25, 0.3) is 5.56 Å². The third-order valence-corrected chi connectivity index (χ3v) is 4.03. The van der Waals surface area contributed by atoms with Crippen LogP contribution in [0.1, 0.15) is 20.7 Å². The normalized spacial score (nSPS) is 10.4. The number of carbonyl (C=O) groups excluding carboxylic acids is 2. The minimum absolute atomic E-state index is 0.161. The summed E-state index contributed by atoms with van der Waals surface area (Å²) in [6.07, 6.45) is 0. The van der Waals surface area contributed by atoms with Crippen LogP contribution in [0.3, 0.4) is 0 Å². The molecule has 0 aliphatic heterocycles. The monoisotopic (exact) mass is 395 g/mol. The number of nitrogens with zero attached hydrogens (tertiary/aromatic N) is 1. The number of hydrogen-bond acceptors (Lipinski definition) is 7. The van der Waals surface area contributed by atoms with Crippen molar-refractivity contribution in [3.8, 4) is 11.5 Å². The number of nitrogens with one attached hydrogen (secondary N) is 1. The number of Topliss-reactive ketones (excluding diaryl/α,β-unsaturated/α-hetero) is 1. The summed E-state index contributed by atoms with van der Waals surface area (Å²) < 4.78 is 11.6. The third kappa shape index (κ3) is 4.41. The summed E-state index contributed by atoms with van der Waals surface area (Å²) in [5.74, 6) is -0.910. The van der Waals surface area contributed by atoms with Crippen LogP contribution in [-0.4, -0.2) is 27.9 Å². The lowest BCUT2D eigenvalue weighted by Crippen LogP contribution is -2.35. The van der Waals surface area contributed by atoms with Gasteiger partial charge in [-0.3, -0.25) is 19.1 Å². The molecule has 0 spiro atoms. The number of aromatic amines is 1. The smallest absolute Gasteiger partial charge is 0.338 e. The van der Waals surface area contributed by atoms with Crippen LogP contribution in [0.4, 0.5) is 5.82 Å². The first kappa shape index (κ1) is 19.6. The molecule has 0 bridgehead atoms. The van der Waals surface area contributed by atoms with E-state index in [1.807, 2.05) is 23.2 Å². The number of carbonyl (C=O) groups is 2. The zero-order valence-corrected chi connectivity index (χ0v) is 15.4. The molecular weight excluding hydrogens is 378 g/mol. The molecule has 29 heavy (non-hydrogen) atoms. The van der Waals surface area contributed by atoms with Gasteiger partial charge in [-0.25, -0.2) is 9.59 Å². The van der Waals surface area contributed by atoms with Crippen molar-refractivity contribution in [1.82, 2.24) is 9.55 Å². The number of H-pyrrole nitrogens is 1. The summed E-state index contributed by atoms with van der Waals surface area (Å²) >= 11 is 0. The molecule has 2 aromatic carbocycles. The Labute approximate surface area is 164 Å². The largest absolute Gasteiger partial charge is 0.457 e. The van der Waals surface area contributed by atoms with Crippen molar-refractivity contribution < 1.29 is 19.1 Å². The van der Waals surface area contributed by atoms with E-state index >= 15 is 0 Å². The molecule has 9 heteroatoms. The summed E-state index contributed by atoms with van der Waals surface area (Å²) in [4.78, 5) is 49.9. The number of aromatic nitrogens is 2. The first-order chi connectivity index (χ1) is 13.9. The third-order valence-electron chi connectivity index (χ3n) is 4.03. The van der Waals surface area contributed by atoms with E-state index in [-0.39, 0.29) is 11.4 Å². The number of nitrogens with two attached hydrogens (primary N) is 1. The van der Waals surface area contributed by atoms with E-state index in [1.165, 1.54) is 19.2 Å². The Kier molecular flexibility index (Phi) is 5.59. The standard InChI is InChI=1S/C20H17N3O6/c1-23-17(21)16(18(25)22-20(23)27)15(24)11-28-19(26)12-6-5-9-14(10-12)29-13-7-3-2-4-8-13/h2-10H,11,21H2,1H3,(H,22,25,27). The van der Waals surface area contributed by atoms with Crippen LogP contribution in [0, 0.1) is 0 Å². The second-order valence-electron chi connectivity index (χ2n) is 6.02. The van der Waals surface area contributed by atoms with Gasteiger partial charge in [0, 0.05) is 7.05 Å². The molecule has 0 aliphatic rings. The van der Waals surface area contributed by atoms with E-state index in [1.54, 1.807) is 24.3 Å². The van der Waals surface area contributed by atoms with Gasteiger partial charge in [-0.1, -0.05) is 24.3 Å². The van der Waals surface area contributed by atoms with Gasteiger partial charge in [-0.2, -0.15) is 0 Å². The maximum atomic E-state index is 12.3. The van der Waals surface area contributed by atoms with Gasteiger partial charge < -0.3 is 15.2 Å². The van der Waals surface area contributed by atoms with E-state index < -0.39 is 35.2 Å². The molecule has 3 aromatic rings. The summed E-state index contributed by atoms with van der Waals surface area (Å²) in [5, 5.41) is 0. The molecule has 0 radical (unpaired) electrons. The highest BCUT2D eigenvalue weighted by molar-refractivity contribution is 6.02. The molecule has 9 nitrogen and oxygen atoms in total. The number of benzene rings is 2. The fraction of sp³-hybridized carbons (Fsp3) is 0.100. The molecule has 1 aromatic heterocycles. The Morgan fingerprint density at radius 1 is 1.03 bits per heavy atom. The van der Waals surface area contributed by atoms with E-state index in [4.69, 9.17) is 15.2 Å². The van der Waals surface area contributed by atoms with Gasteiger partial charge in [0.15, 0.2) is 6.61 Å². The summed E-state index contributed by atoms with van der Waals surface area (Å²) in [6.45, 7) is -0.714. The van der Waals surface area contributed by atoms with Gasteiger partial charge in [0.2, 0.25) is 5.78 Å². The van der Waals surface area contributed by atoms with Crippen molar-refractivity contribution in [3.05, 3.63) is 86.6 Å². The van der Waals surface area contributed by atoms with Crippen LogP contribution in [0.25, 0.3) is 0 Å².